The maximum atomic E-state index is 12.3. The summed E-state index contributed by atoms with van der Waals surface area (Å²) in [5.41, 5.74) is 0.0281. The van der Waals surface area contributed by atoms with Crippen molar-refractivity contribution in [3.8, 4) is 0 Å². The van der Waals surface area contributed by atoms with Gasteiger partial charge in [0.1, 0.15) is 10.7 Å². The van der Waals surface area contributed by atoms with Gasteiger partial charge in [-0.15, -0.1) is 0 Å². The molecule has 7 heteroatoms. The van der Waals surface area contributed by atoms with Crippen LogP contribution in [0.4, 0.5) is 0 Å². The van der Waals surface area contributed by atoms with Gasteiger partial charge in [0, 0.05) is 12.6 Å². The van der Waals surface area contributed by atoms with Gasteiger partial charge in [-0.25, -0.2) is 17.9 Å². The Morgan fingerprint density at radius 3 is 2.52 bits per heavy atom. The van der Waals surface area contributed by atoms with Crippen LogP contribution in [0, 0.1) is 12.3 Å². The maximum Gasteiger partial charge on any atom is 0.371 e. The van der Waals surface area contributed by atoms with Gasteiger partial charge in [-0.05, 0) is 31.6 Å². The Morgan fingerprint density at radius 1 is 1.43 bits per heavy atom. The second-order valence-corrected chi connectivity index (χ2v) is 7.46. The minimum absolute atomic E-state index is 0.0281. The van der Waals surface area contributed by atoms with E-state index in [-0.39, 0.29) is 21.8 Å². The first-order chi connectivity index (χ1) is 9.80. The first kappa shape index (κ1) is 16.0. The molecule has 0 bridgehead atoms. The van der Waals surface area contributed by atoms with Crippen molar-refractivity contribution in [2.45, 2.75) is 50.8 Å². The highest BCUT2D eigenvalue weighted by atomic mass is 32.2. The molecule has 0 unspecified atom stereocenters. The molecule has 1 heterocycles. The largest absolute Gasteiger partial charge is 0.475 e. The van der Waals surface area contributed by atoms with Gasteiger partial charge < -0.3 is 9.52 Å². The monoisotopic (exact) mass is 315 g/mol. The smallest absolute Gasteiger partial charge is 0.371 e. The average Bonchev–Trinajstić information content (AvgIpc) is 3.04. The van der Waals surface area contributed by atoms with Crippen molar-refractivity contribution in [2.24, 2.45) is 5.41 Å². The van der Waals surface area contributed by atoms with Crippen molar-refractivity contribution in [1.82, 2.24) is 4.72 Å². The van der Waals surface area contributed by atoms with Crippen molar-refractivity contribution in [2.75, 3.05) is 6.54 Å². The van der Waals surface area contributed by atoms with Gasteiger partial charge in [0.05, 0.1) is 0 Å². The molecule has 0 amide bonds. The summed E-state index contributed by atoms with van der Waals surface area (Å²) in [7, 11) is -3.75. The molecule has 1 saturated carbocycles. The Bertz CT molecular complexity index is 626. The van der Waals surface area contributed by atoms with Crippen molar-refractivity contribution < 1.29 is 22.7 Å². The molecule has 0 radical (unpaired) electrons. The number of furan rings is 1. The summed E-state index contributed by atoms with van der Waals surface area (Å²) in [5, 5.41) is 8.86. The molecule has 2 N–H and O–H groups in total. The number of carboxylic acids is 1. The van der Waals surface area contributed by atoms with Crippen molar-refractivity contribution in [3.63, 3.8) is 0 Å². The van der Waals surface area contributed by atoms with E-state index in [0.29, 0.717) is 6.54 Å². The van der Waals surface area contributed by atoms with E-state index in [0.717, 1.165) is 38.2 Å². The predicted octanol–water partition coefficient (Wildman–Crippen LogP) is 2.53. The normalized spacial score (nSPS) is 18.0. The van der Waals surface area contributed by atoms with E-state index in [9.17, 15) is 13.2 Å². The molecule has 0 spiro atoms. The number of sulfonamides is 1. The topological polar surface area (TPSA) is 96.6 Å². The number of nitrogens with one attached hydrogen (secondary N) is 1. The lowest BCUT2D eigenvalue weighted by molar-refractivity contribution is 0.0661. The fourth-order valence-electron chi connectivity index (χ4n) is 2.94. The molecule has 0 saturated heterocycles. The Morgan fingerprint density at radius 2 is 2.05 bits per heavy atom. The van der Waals surface area contributed by atoms with E-state index in [1.54, 1.807) is 0 Å². The zero-order valence-electron chi connectivity index (χ0n) is 12.3. The Balaban J connectivity index is 2.17. The fourth-order valence-corrected chi connectivity index (χ4v) is 4.28. The second-order valence-electron chi connectivity index (χ2n) is 5.72. The van der Waals surface area contributed by atoms with Crippen LogP contribution in [-0.4, -0.2) is 26.0 Å². The summed E-state index contributed by atoms with van der Waals surface area (Å²) in [6, 6.07) is 1.06. The number of hydrogen-bond acceptors (Lipinski definition) is 4. The van der Waals surface area contributed by atoms with Crippen LogP contribution in [0.15, 0.2) is 15.4 Å². The van der Waals surface area contributed by atoms with Crippen LogP contribution in [0.25, 0.3) is 0 Å². The molecule has 1 aromatic rings. The Labute approximate surface area is 124 Å². The zero-order valence-corrected chi connectivity index (χ0v) is 13.1. The minimum Gasteiger partial charge on any atom is -0.475 e. The van der Waals surface area contributed by atoms with Crippen molar-refractivity contribution >= 4 is 16.0 Å². The Hall–Kier alpha value is -1.34. The lowest BCUT2D eigenvalue weighted by atomic mass is 9.84. The van der Waals surface area contributed by atoms with Gasteiger partial charge >= 0.3 is 5.97 Å². The first-order valence-corrected chi connectivity index (χ1v) is 8.61. The van der Waals surface area contributed by atoms with Gasteiger partial charge in [-0.1, -0.05) is 19.8 Å². The molecule has 6 nitrogen and oxygen atoms in total. The van der Waals surface area contributed by atoms with Crippen LogP contribution in [0.2, 0.25) is 0 Å². The molecule has 21 heavy (non-hydrogen) atoms. The number of aromatic carboxylic acids is 1. The molecule has 118 valence electrons. The van der Waals surface area contributed by atoms with E-state index in [4.69, 9.17) is 9.52 Å². The van der Waals surface area contributed by atoms with Crippen LogP contribution in [0.1, 0.15) is 55.3 Å². The average molecular weight is 315 g/mol. The Kier molecular flexibility index (Phi) is 4.43. The highest BCUT2D eigenvalue weighted by Gasteiger charge is 2.34. The molecular weight excluding hydrogens is 294 g/mol. The van der Waals surface area contributed by atoms with E-state index < -0.39 is 16.0 Å². The number of hydrogen-bond donors (Lipinski definition) is 2. The molecule has 0 aliphatic heterocycles. The minimum atomic E-state index is -3.75. The summed E-state index contributed by atoms with van der Waals surface area (Å²) in [6.45, 7) is 3.91. The third-order valence-electron chi connectivity index (χ3n) is 4.42. The quantitative estimate of drug-likeness (QED) is 0.841. The zero-order chi connectivity index (χ0) is 15.7. The van der Waals surface area contributed by atoms with Crippen LogP contribution in [0.3, 0.4) is 0 Å². The number of carbonyl (C=O) groups is 1. The third-order valence-corrected chi connectivity index (χ3v) is 5.93. The number of rotatable bonds is 6. The molecule has 2 rings (SSSR count). The second kappa shape index (κ2) is 5.81. The van der Waals surface area contributed by atoms with E-state index >= 15 is 0 Å². The lowest BCUT2D eigenvalue weighted by Crippen LogP contribution is -2.35. The van der Waals surface area contributed by atoms with E-state index in [2.05, 4.69) is 11.6 Å². The highest BCUT2D eigenvalue weighted by molar-refractivity contribution is 7.89. The standard InChI is InChI=1S/C14H21NO5S/c1-3-14(6-4-5-7-14)9-15-21(18,19)12-8-11(13(16)17)20-10(12)2/h8,15H,3-7,9H2,1-2H3,(H,16,17). The highest BCUT2D eigenvalue weighted by Crippen LogP contribution is 2.40. The number of aryl methyl sites for hydroxylation is 1. The summed E-state index contributed by atoms with van der Waals surface area (Å²) in [6.07, 6.45) is 5.24. The van der Waals surface area contributed by atoms with Crippen LogP contribution >= 0.6 is 0 Å². The van der Waals surface area contributed by atoms with Gasteiger partial charge in [0.2, 0.25) is 15.8 Å². The molecule has 1 aliphatic carbocycles. The van der Waals surface area contributed by atoms with E-state index in [1.165, 1.54) is 6.92 Å². The van der Waals surface area contributed by atoms with Crippen molar-refractivity contribution in [3.05, 3.63) is 17.6 Å². The molecule has 1 aromatic heterocycles. The molecule has 1 aliphatic rings. The third kappa shape index (κ3) is 3.29. The van der Waals surface area contributed by atoms with Gasteiger partial charge in [0.15, 0.2) is 0 Å². The molecule has 1 fully saturated rings. The summed E-state index contributed by atoms with van der Waals surface area (Å²) >= 11 is 0. The van der Waals surface area contributed by atoms with Crippen LogP contribution in [-0.2, 0) is 10.0 Å². The van der Waals surface area contributed by atoms with Gasteiger partial charge in [-0.2, -0.15) is 0 Å². The number of carboxylic acid groups (broad SMARTS) is 1. The predicted molar refractivity (Wildman–Crippen MR) is 76.8 cm³/mol. The summed E-state index contributed by atoms with van der Waals surface area (Å²) in [5.74, 6) is -1.55. The summed E-state index contributed by atoms with van der Waals surface area (Å²) in [4.78, 5) is 10.8. The van der Waals surface area contributed by atoms with Crippen molar-refractivity contribution in [1.29, 1.82) is 0 Å². The molecule has 0 aromatic carbocycles. The summed E-state index contributed by atoms with van der Waals surface area (Å²) < 4.78 is 32.3. The SMILES string of the molecule is CCC1(CNS(=O)(=O)c2cc(C(=O)O)oc2C)CCCC1. The molecule has 0 atom stereocenters. The lowest BCUT2D eigenvalue weighted by Gasteiger charge is -2.27. The van der Waals surface area contributed by atoms with Gasteiger partial charge in [-0.3, -0.25) is 0 Å². The molecular formula is C14H21NO5S. The van der Waals surface area contributed by atoms with E-state index in [1.807, 2.05) is 0 Å². The maximum absolute atomic E-state index is 12.3. The van der Waals surface area contributed by atoms with Crippen LogP contribution in [0.5, 0.6) is 0 Å². The van der Waals surface area contributed by atoms with Crippen LogP contribution < -0.4 is 4.72 Å². The van der Waals surface area contributed by atoms with Gasteiger partial charge in [0.25, 0.3) is 0 Å². The fraction of sp³-hybridized carbons (Fsp3) is 0.643. The first-order valence-electron chi connectivity index (χ1n) is 7.13.